The van der Waals surface area contributed by atoms with E-state index < -0.39 is 11.6 Å². The van der Waals surface area contributed by atoms with Gasteiger partial charge in [0, 0.05) is 0 Å². The maximum Gasteiger partial charge on any atom is 0.344 e. The number of rotatable bonds is 3. The van der Waals surface area contributed by atoms with E-state index in [1.807, 2.05) is 22.6 Å². The van der Waals surface area contributed by atoms with E-state index in [1.165, 1.54) is 12.1 Å². The largest absolute Gasteiger partial charge is 0.481 e. The van der Waals surface area contributed by atoms with Crippen LogP contribution in [0.1, 0.15) is 20.8 Å². The molecule has 1 aromatic rings. The van der Waals surface area contributed by atoms with Gasteiger partial charge in [0.2, 0.25) is 0 Å². The minimum Gasteiger partial charge on any atom is -0.481 e. The Balaban J connectivity index is 2.56. The van der Waals surface area contributed by atoms with Crippen LogP contribution in [0.25, 0.3) is 0 Å². The molecule has 0 aliphatic heterocycles. The van der Waals surface area contributed by atoms with E-state index in [-0.39, 0.29) is 12.4 Å². The molecule has 0 unspecified atom stereocenters. The molecule has 0 aliphatic carbocycles. The molecule has 0 amide bonds. The number of halogens is 2. The molecule has 0 aliphatic rings. The van der Waals surface area contributed by atoms with Crippen LogP contribution in [0.2, 0.25) is 0 Å². The summed E-state index contributed by atoms with van der Waals surface area (Å²) in [7, 11) is 0. The average molecular weight is 352 g/mol. The van der Waals surface area contributed by atoms with E-state index in [0.717, 1.165) is 0 Å². The predicted octanol–water partition coefficient (Wildman–Crippen LogP) is 3.15. The molecule has 0 saturated heterocycles. The second kappa shape index (κ2) is 5.66. The van der Waals surface area contributed by atoms with Crippen LogP contribution in [-0.4, -0.2) is 18.2 Å². The molecule has 0 radical (unpaired) electrons. The van der Waals surface area contributed by atoms with Crippen LogP contribution >= 0.6 is 22.6 Å². The Morgan fingerprint density at radius 3 is 2.65 bits per heavy atom. The van der Waals surface area contributed by atoms with Crippen molar-refractivity contribution in [3.63, 3.8) is 0 Å². The van der Waals surface area contributed by atoms with E-state index in [2.05, 4.69) is 0 Å². The average Bonchev–Trinajstić information content (AvgIpc) is 2.18. The first-order valence-electron chi connectivity index (χ1n) is 5.08. The summed E-state index contributed by atoms with van der Waals surface area (Å²) in [4.78, 5) is 11.4. The van der Waals surface area contributed by atoms with E-state index in [4.69, 9.17) is 9.47 Å². The molecule has 1 rings (SSSR count). The van der Waals surface area contributed by atoms with Crippen molar-refractivity contribution in [1.82, 2.24) is 0 Å². The van der Waals surface area contributed by atoms with Crippen LogP contribution in [0.5, 0.6) is 5.75 Å². The van der Waals surface area contributed by atoms with Crippen molar-refractivity contribution >= 4 is 28.6 Å². The van der Waals surface area contributed by atoms with Gasteiger partial charge in [-0.15, -0.1) is 0 Å². The Morgan fingerprint density at radius 1 is 1.41 bits per heavy atom. The first-order chi connectivity index (χ1) is 7.79. The quantitative estimate of drug-likeness (QED) is 0.619. The van der Waals surface area contributed by atoms with Gasteiger partial charge in [-0.05, 0) is 55.5 Å². The van der Waals surface area contributed by atoms with Gasteiger partial charge < -0.3 is 9.47 Å². The molecule has 3 nitrogen and oxygen atoms in total. The van der Waals surface area contributed by atoms with Gasteiger partial charge in [-0.1, -0.05) is 6.07 Å². The molecule has 17 heavy (non-hydrogen) atoms. The second-order valence-corrected chi connectivity index (χ2v) is 5.51. The predicted molar refractivity (Wildman–Crippen MR) is 70.5 cm³/mol. The van der Waals surface area contributed by atoms with E-state index in [1.54, 1.807) is 26.8 Å². The molecule has 0 aromatic heterocycles. The highest BCUT2D eigenvalue weighted by molar-refractivity contribution is 14.1. The van der Waals surface area contributed by atoms with Crippen molar-refractivity contribution in [3.8, 4) is 5.75 Å². The third kappa shape index (κ3) is 4.89. The number of benzene rings is 1. The lowest BCUT2D eigenvalue weighted by atomic mass is 10.2. The van der Waals surface area contributed by atoms with Crippen molar-refractivity contribution < 1.29 is 18.7 Å². The number of carbonyl (C=O) groups is 1. The lowest BCUT2D eigenvalue weighted by Gasteiger charge is -2.19. The Hall–Kier alpha value is -0.850. The zero-order valence-corrected chi connectivity index (χ0v) is 12.1. The smallest absolute Gasteiger partial charge is 0.344 e. The number of ether oxygens (including phenoxy) is 2. The maximum absolute atomic E-state index is 13.2. The first-order valence-corrected chi connectivity index (χ1v) is 6.16. The van der Waals surface area contributed by atoms with Crippen LogP contribution in [0.15, 0.2) is 18.2 Å². The van der Waals surface area contributed by atoms with Gasteiger partial charge in [0.05, 0.1) is 3.57 Å². The van der Waals surface area contributed by atoms with Gasteiger partial charge in [-0.2, -0.15) is 0 Å². The summed E-state index contributed by atoms with van der Waals surface area (Å²) in [6.07, 6.45) is 0. The fourth-order valence-electron chi connectivity index (χ4n) is 1.10. The van der Waals surface area contributed by atoms with Crippen molar-refractivity contribution in [1.29, 1.82) is 0 Å². The minimum atomic E-state index is -0.546. The van der Waals surface area contributed by atoms with E-state index in [0.29, 0.717) is 9.32 Å². The van der Waals surface area contributed by atoms with Gasteiger partial charge in [-0.3, -0.25) is 0 Å². The highest BCUT2D eigenvalue weighted by Crippen LogP contribution is 2.23. The number of hydrogen-bond acceptors (Lipinski definition) is 3. The van der Waals surface area contributed by atoms with Crippen molar-refractivity contribution in [2.45, 2.75) is 26.4 Å². The van der Waals surface area contributed by atoms with E-state index >= 15 is 0 Å². The Morgan fingerprint density at radius 2 is 2.06 bits per heavy atom. The molecule has 0 saturated carbocycles. The fraction of sp³-hybridized carbons (Fsp3) is 0.417. The lowest BCUT2D eigenvalue weighted by Crippen LogP contribution is -2.27. The molecule has 0 spiro atoms. The topological polar surface area (TPSA) is 35.5 Å². The maximum atomic E-state index is 13.2. The number of carbonyl (C=O) groups excluding carboxylic acids is 1. The molecule has 0 bridgehead atoms. The van der Waals surface area contributed by atoms with Crippen molar-refractivity contribution in [3.05, 3.63) is 27.6 Å². The summed E-state index contributed by atoms with van der Waals surface area (Å²) >= 11 is 1.83. The zero-order valence-electron chi connectivity index (χ0n) is 9.92. The highest BCUT2D eigenvalue weighted by atomic mass is 127. The molecule has 1 aromatic carbocycles. The van der Waals surface area contributed by atoms with Gasteiger partial charge in [-0.25, -0.2) is 9.18 Å². The second-order valence-electron chi connectivity index (χ2n) is 4.43. The van der Waals surface area contributed by atoms with E-state index in [9.17, 15) is 9.18 Å². The fourth-order valence-corrected chi connectivity index (χ4v) is 1.62. The van der Waals surface area contributed by atoms with Crippen molar-refractivity contribution in [2.75, 3.05) is 6.61 Å². The summed E-state index contributed by atoms with van der Waals surface area (Å²) in [5, 5.41) is 0. The molecule has 0 heterocycles. The first kappa shape index (κ1) is 14.2. The molecule has 0 atom stereocenters. The minimum absolute atomic E-state index is 0.225. The summed E-state index contributed by atoms with van der Waals surface area (Å²) in [5.74, 6) is -0.499. The summed E-state index contributed by atoms with van der Waals surface area (Å²) < 4.78 is 23.8. The SMILES string of the molecule is CC(C)(C)OC(=O)COc1cccc(F)c1I. The molecular weight excluding hydrogens is 338 g/mol. The van der Waals surface area contributed by atoms with Gasteiger partial charge in [0.15, 0.2) is 6.61 Å². The monoisotopic (exact) mass is 352 g/mol. The summed E-state index contributed by atoms with van der Waals surface area (Å²) in [5.41, 5.74) is -0.546. The van der Waals surface area contributed by atoms with Crippen LogP contribution in [0.3, 0.4) is 0 Å². The van der Waals surface area contributed by atoms with Gasteiger partial charge in [0.1, 0.15) is 17.2 Å². The van der Waals surface area contributed by atoms with Crippen LogP contribution < -0.4 is 4.74 Å². The van der Waals surface area contributed by atoms with Crippen LogP contribution in [0.4, 0.5) is 4.39 Å². The molecule has 94 valence electrons. The zero-order chi connectivity index (χ0) is 13.1. The van der Waals surface area contributed by atoms with Crippen LogP contribution in [-0.2, 0) is 9.53 Å². The number of esters is 1. The Labute approximate surface area is 113 Å². The molecule has 0 N–H and O–H groups in total. The van der Waals surface area contributed by atoms with Crippen LogP contribution in [0, 0.1) is 9.39 Å². The number of hydrogen-bond donors (Lipinski definition) is 0. The lowest BCUT2D eigenvalue weighted by molar-refractivity contribution is -0.157. The summed E-state index contributed by atoms with van der Waals surface area (Å²) in [6, 6.07) is 4.47. The molecule has 0 fully saturated rings. The third-order valence-electron chi connectivity index (χ3n) is 1.68. The third-order valence-corrected chi connectivity index (χ3v) is 2.73. The van der Waals surface area contributed by atoms with Crippen molar-refractivity contribution in [2.24, 2.45) is 0 Å². The highest BCUT2D eigenvalue weighted by Gasteiger charge is 2.17. The molecular formula is C12H14FIO3. The van der Waals surface area contributed by atoms with Gasteiger partial charge in [0.25, 0.3) is 0 Å². The summed E-state index contributed by atoms with van der Waals surface area (Å²) in [6.45, 7) is 5.10. The Bertz CT molecular complexity index is 413. The normalized spacial score (nSPS) is 11.1. The standard InChI is InChI=1S/C12H14FIO3/c1-12(2,3)17-10(15)7-16-9-6-4-5-8(13)11(9)14/h4-6H,7H2,1-3H3. The van der Waals surface area contributed by atoms with Gasteiger partial charge >= 0.3 is 5.97 Å². The Kier molecular flexibility index (Phi) is 4.73. The molecule has 5 heteroatoms.